The molecule has 2 aromatic rings. The number of aromatic carboxylic acids is 1. The van der Waals surface area contributed by atoms with E-state index in [9.17, 15) is 4.79 Å². The Morgan fingerprint density at radius 2 is 2.21 bits per heavy atom. The molecule has 0 spiro atoms. The summed E-state index contributed by atoms with van der Waals surface area (Å²) in [6, 6.07) is 10.9. The number of carbonyl (C=O) groups is 1. The Kier molecular flexibility index (Phi) is 4.52. The Morgan fingerprint density at radius 1 is 1.37 bits per heavy atom. The molecule has 19 heavy (non-hydrogen) atoms. The molecule has 0 radical (unpaired) electrons. The van der Waals surface area contributed by atoms with Crippen LogP contribution in [-0.4, -0.2) is 17.7 Å². The van der Waals surface area contributed by atoms with Gasteiger partial charge in [0.05, 0.1) is 12.4 Å². The number of carboxylic acids is 1. The standard InChI is InChI=1S/C14H14O4S/c1-2-17-10-4-3-5-12(8-10)19-9-11-6-7-13(18-11)14(15)16/h3-8H,2,9H2,1H3,(H,15,16). The molecule has 0 bridgehead atoms. The number of thioether (sulfide) groups is 1. The highest BCUT2D eigenvalue weighted by atomic mass is 32.2. The van der Waals surface area contributed by atoms with Crippen molar-refractivity contribution in [2.75, 3.05) is 6.61 Å². The van der Waals surface area contributed by atoms with Crippen LogP contribution in [0.3, 0.4) is 0 Å². The van der Waals surface area contributed by atoms with Crippen LogP contribution in [0.25, 0.3) is 0 Å². The van der Waals surface area contributed by atoms with Gasteiger partial charge in [0, 0.05) is 4.90 Å². The van der Waals surface area contributed by atoms with E-state index in [2.05, 4.69) is 0 Å². The van der Waals surface area contributed by atoms with Gasteiger partial charge in [-0.05, 0) is 37.3 Å². The topological polar surface area (TPSA) is 59.7 Å². The lowest BCUT2D eigenvalue weighted by atomic mass is 10.3. The molecule has 1 aromatic carbocycles. The maximum Gasteiger partial charge on any atom is 0.371 e. The minimum atomic E-state index is -1.05. The number of benzene rings is 1. The number of rotatable bonds is 6. The van der Waals surface area contributed by atoms with Crippen molar-refractivity contribution in [1.29, 1.82) is 0 Å². The van der Waals surface area contributed by atoms with Gasteiger partial charge in [-0.1, -0.05) is 6.07 Å². The van der Waals surface area contributed by atoms with Gasteiger partial charge in [-0.25, -0.2) is 4.79 Å². The van der Waals surface area contributed by atoms with Gasteiger partial charge in [0.15, 0.2) is 0 Å². The van der Waals surface area contributed by atoms with E-state index in [-0.39, 0.29) is 5.76 Å². The minimum absolute atomic E-state index is 0.0290. The highest BCUT2D eigenvalue weighted by Gasteiger charge is 2.09. The molecule has 0 unspecified atom stereocenters. The van der Waals surface area contributed by atoms with Crippen LogP contribution in [0.4, 0.5) is 0 Å². The molecule has 0 saturated heterocycles. The van der Waals surface area contributed by atoms with Crippen molar-refractivity contribution in [3.63, 3.8) is 0 Å². The molecule has 0 amide bonds. The summed E-state index contributed by atoms with van der Waals surface area (Å²) in [6.45, 7) is 2.57. The summed E-state index contributed by atoms with van der Waals surface area (Å²) in [5.74, 6) is 0.985. The van der Waals surface area contributed by atoms with Crippen LogP contribution in [0.1, 0.15) is 23.2 Å². The van der Waals surface area contributed by atoms with Crippen molar-refractivity contribution >= 4 is 17.7 Å². The molecule has 5 heteroatoms. The fraction of sp³-hybridized carbons (Fsp3) is 0.214. The van der Waals surface area contributed by atoms with Gasteiger partial charge in [0.2, 0.25) is 5.76 Å². The average molecular weight is 278 g/mol. The lowest BCUT2D eigenvalue weighted by Gasteiger charge is -2.05. The van der Waals surface area contributed by atoms with Gasteiger partial charge in [-0.15, -0.1) is 11.8 Å². The first-order valence-corrected chi connectivity index (χ1v) is 6.85. The Bertz CT molecular complexity index is 562. The lowest BCUT2D eigenvalue weighted by molar-refractivity contribution is 0.0661. The second-order valence-corrected chi connectivity index (χ2v) is 4.82. The second-order valence-electron chi connectivity index (χ2n) is 3.77. The molecule has 0 aliphatic carbocycles. The van der Waals surface area contributed by atoms with Gasteiger partial charge in [0.1, 0.15) is 11.5 Å². The van der Waals surface area contributed by atoms with Crippen LogP contribution in [0, 0.1) is 0 Å². The van der Waals surface area contributed by atoms with E-state index in [0.717, 1.165) is 10.6 Å². The highest BCUT2D eigenvalue weighted by molar-refractivity contribution is 7.98. The molecular weight excluding hydrogens is 264 g/mol. The maximum absolute atomic E-state index is 10.7. The molecular formula is C14H14O4S. The lowest BCUT2D eigenvalue weighted by Crippen LogP contribution is -1.92. The van der Waals surface area contributed by atoms with Crippen molar-refractivity contribution in [2.24, 2.45) is 0 Å². The van der Waals surface area contributed by atoms with Gasteiger partial charge in [-0.2, -0.15) is 0 Å². The van der Waals surface area contributed by atoms with Crippen LogP contribution in [0.5, 0.6) is 5.75 Å². The summed E-state index contributed by atoms with van der Waals surface area (Å²) in [4.78, 5) is 11.7. The third-order valence-electron chi connectivity index (χ3n) is 2.37. The number of carboxylic acid groups (broad SMARTS) is 1. The van der Waals surface area contributed by atoms with Crippen molar-refractivity contribution in [1.82, 2.24) is 0 Å². The number of hydrogen-bond acceptors (Lipinski definition) is 4. The highest BCUT2D eigenvalue weighted by Crippen LogP contribution is 2.26. The average Bonchev–Trinajstić information content (AvgIpc) is 2.86. The first-order chi connectivity index (χ1) is 9.19. The van der Waals surface area contributed by atoms with Crippen molar-refractivity contribution in [3.8, 4) is 5.75 Å². The molecule has 1 N–H and O–H groups in total. The Morgan fingerprint density at radius 3 is 2.89 bits per heavy atom. The molecule has 0 atom stereocenters. The largest absolute Gasteiger partial charge is 0.494 e. The van der Waals surface area contributed by atoms with E-state index in [4.69, 9.17) is 14.3 Å². The predicted octanol–water partition coefficient (Wildman–Crippen LogP) is 3.67. The quantitative estimate of drug-likeness (QED) is 0.817. The fourth-order valence-corrected chi connectivity index (χ4v) is 2.38. The maximum atomic E-state index is 10.7. The molecule has 0 aliphatic heterocycles. The molecule has 4 nitrogen and oxygen atoms in total. The van der Waals surface area contributed by atoms with Crippen LogP contribution in [-0.2, 0) is 5.75 Å². The van der Waals surface area contributed by atoms with E-state index in [0.29, 0.717) is 18.1 Å². The van der Waals surface area contributed by atoms with Crippen molar-refractivity contribution in [3.05, 3.63) is 47.9 Å². The summed E-state index contributed by atoms with van der Waals surface area (Å²) in [5.41, 5.74) is 0. The second kappa shape index (κ2) is 6.33. The summed E-state index contributed by atoms with van der Waals surface area (Å²) < 4.78 is 10.6. The first kappa shape index (κ1) is 13.5. The fourth-order valence-electron chi connectivity index (χ4n) is 1.55. The SMILES string of the molecule is CCOc1cccc(SCc2ccc(C(=O)O)o2)c1. The summed E-state index contributed by atoms with van der Waals surface area (Å²) >= 11 is 1.57. The van der Waals surface area contributed by atoms with E-state index >= 15 is 0 Å². The summed E-state index contributed by atoms with van der Waals surface area (Å²) in [7, 11) is 0. The molecule has 0 saturated carbocycles. The zero-order valence-electron chi connectivity index (χ0n) is 10.5. The van der Waals surface area contributed by atoms with Crippen molar-refractivity contribution in [2.45, 2.75) is 17.6 Å². The van der Waals surface area contributed by atoms with Crippen LogP contribution >= 0.6 is 11.8 Å². The van der Waals surface area contributed by atoms with Crippen LogP contribution in [0.2, 0.25) is 0 Å². The zero-order valence-corrected chi connectivity index (χ0v) is 11.3. The number of furan rings is 1. The Hall–Kier alpha value is -1.88. The Balaban J connectivity index is 1.97. The normalized spacial score (nSPS) is 10.4. The third kappa shape index (κ3) is 3.79. The minimum Gasteiger partial charge on any atom is -0.494 e. The molecule has 0 aliphatic rings. The number of ether oxygens (including phenoxy) is 1. The van der Waals surface area contributed by atoms with E-state index in [1.807, 2.05) is 31.2 Å². The molecule has 1 heterocycles. The van der Waals surface area contributed by atoms with Gasteiger partial charge < -0.3 is 14.3 Å². The van der Waals surface area contributed by atoms with E-state index in [1.165, 1.54) is 6.07 Å². The number of hydrogen-bond donors (Lipinski definition) is 1. The summed E-state index contributed by atoms with van der Waals surface area (Å²) in [6.07, 6.45) is 0. The smallest absolute Gasteiger partial charge is 0.371 e. The van der Waals surface area contributed by atoms with Gasteiger partial charge >= 0.3 is 5.97 Å². The Labute approximate surface area is 115 Å². The third-order valence-corrected chi connectivity index (χ3v) is 3.39. The predicted molar refractivity (Wildman–Crippen MR) is 72.8 cm³/mol. The van der Waals surface area contributed by atoms with Gasteiger partial charge in [-0.3, -0.25) is 0 Å². The molecule has 0 fully saturated rings. The molecule has 1 aromatic heterocycles. The summed E-state index contributed by atoms with van der Waals surface area (Å²) in [5, 5.41) is 8.76. The van der Waals surface area contributed by atoms with E-state index in [1.54, 1.807) is 17.8 Å². The van der Waals surface area contributed by atoms with Gasteiger partial charge in [0.25, 0.3) is 0 Å². The van der Waals surface area contributed by atoms with Crippen LogP contribution in [0.15, 0.2) is 45.7 Å². The molecule has 2 rings (SSSR count). The molecule has 100 valence electrons. The first-order valence-electron chi connectivity index (χ1n) is 5.86. The van der Waals surface area contributed by atoms with E-state index < -0.39 is 5.97 Å². The zero-order chi connectivity index (χ0) is 13.7. The monoisotopic (exact) mass is 278 g/mol. The van der Waals surface area contributed by atoms with Crippen molar-refractivity contribution < 1.29 is 19.1 Å². The van der Waals surface area contributed by atoms with Crippen LogP contribution < -0.4 is 4.74 Å².